The molecule has 0 fully saturated rings. The summed E-state index contributed by atoms with van der Waals surface area (Å²) in [5.41, 5.74) is 2.45. The Balaban J connectivity index is 2.02. The Morgan fingerprint density at radius 1 is 1.10 bits per heavy atom. The zero-order valence-electron chi connectivity index (χ0n) is 11.0. The van der Waals surface area contributed by atoms with Gasteiger partial charge in [0.25, 0.3) is 5.91 Å². The second kappa shape index (κ2) is 5.55. The van der Waals surface area contributed by atoms with Crippen molar-refractivity contribution >= 4 is 28.9 Å². The lowest BCUT2D eigenvalue weighted by Gasteiger charge is -2.22. The van der Waals surface area contributed by atoms with Gasteiger partial charge in [0.05, 0.1) is 22.0 Å². The van der Waals surface area contributed by atoms with Gasteiger partial charge in [0.2, 0.25) is 0 Å². The number of nitrogens with zero attached hydrogens (tertiary/aromatic N) is 1. The number of nitrogens with one attached hydrogen (secondary N) is 1. The Hall–Kier alpha value is -2.00. The fourth-order valence-corrected chi connectivity index (χ4v) is 2.65. The molecule has 0 unspecified atom stereocenters. The molecule has 102 valence electrons. The molecule has 0 atom stereocenters. The van der Waals surface area contributed by atoms with E-state index in [1.165, 1.54) is 0 Å². The molecule has 0 bridgehead atoms. The van der Waals surface area contributed by atoms with Crippen LogP contribution in [0.2, 0.25) is 5.02 Å². The topological polar surface area (TPSA) is 32.3 Å². The third-order valence-corrected chi connectivity index (χ3v) is 3.75. The van der Waals surface area contributed by atoms with Gasteiger partial charge in [-0.15, -0.1) is 0 Å². The van der Waals surface area contributed by atoms with Crippen molar-refractivity contribution in [3.8, 4) is 0 Å². The molecule has 0 saturated carbocycles. The summed E-state index contributed by atoms with van der Waals surface area (Å²) < 4.78 is 0. The maximum atomic E-state index is 12.7. The molecule has 0 aromatic heterocycles. The maximum absolute atomic E-state index is 12.7. The van der Waals surface area contributed by atoms with Crippen molar-refractivity contribution in [2.45, 2.75) is 6.42 Å². The highest BCUT2D eigenvalue weighted by atomic mass is 35.5. The summed E-state index contributed by atoms with van der Waals surface area (Å²) in [5.74, 6) is -0.0493. The molecule has 2 aromatic carbocycles. The van der Waals surface area contributed by atoms with Crippen LogP contribution in [-0.4, -0.2) is 19.0 Å². The monoisotopic (exact) mass is 286 g/mol. The van der Waals surface area contributed by atoms with Crippen LogP contribution < -0.4 is 10.2 Å². The molecular weight excluding hydrogens is 272 g/mol. The number of amides is 1. The molecule has 20 heavy (non-hydrogen) atoms. The van der Waals surface area contributed by atoms with Gasteiger partial charge in [-0.05, 0) is 30.7 Å². The fraction of sp³-hybridized carbons (Fsp3) is 0.188. The van der Waals surface area contributed by atoms with Crippen LogP contribution in [0.1, 0.15) is 16.8 Å². The van der Waals surface area contributed by atoms with Crippen LogP contribution in [0.15, 0.2) is 48.5 Å². The van der Waals surface area contributed by atoms with Crippen LogP contribution in [0.25, 0.3) is 0 Å². The predicted molar refractivity (Wildman–Crippen MR) is 82.7 cm³/mol. The first-order valence-electron chi connectivity index (χ1n) is 6.66. The molecule has 1 aliphatic heterocycles. The summed E-state index contributed by atoms with van der Waals surface area (Å²) >= 11 is 6.14. The van der Waals surface area contributed by atoms with Crippen molar-refractivity contribution < 1.29 is 4.79 Å². The Bertz CT molecular complexity index is 642. The highest BCUT2D eigenvalue weighted by Crippen LogP contribution is 2.30. The fourth-order valence-electron chi connectivity index (χ4n) is 2.43. The molecule has 0 aliphatic carbocycles. The number of carbonyl (C=O) groups excluding carboxylic acids is 1. The van der Waals surface area contributed by atoms with Crippen molar-refractivity contribution in [3.05, 3.63) is 59.1 Å². The highest BCUT2D eigenvalue weighted by molar-refractivity contribution is 6.34. The van der Waals surface area contributed by atoms with E-state index in [4.69, 9.17) is 11.6 Å². The Kier molecular flexibility index (Phi) is 3.61. The van der Waals surface area contributed by atoms with Crippen molar-refractivity contribution in [2.24, 2.45) is 0 Å². The number of carbonyl (C=O) groups is 1. The van der Waals surface area contributed by atoms with E-state index in [1.807, 2.05) is 36.4 Å². The van der Waals surface area contributed by atoms with Crippen LogP contribution >= 0.6 is 11.6 Å². The quantitative estimate of drug-likeness (QED) is 0.865. The van der Waals surface area contributed by atoms with Crippen molar-refractivity contribution in [1.29, 1.82) is 0 Å². The summed E-state index contributed by atoms with van der Waals surface area (Å²) in [6.45, 7) is 1.55. The van der Waals surface area contributed by atoms with E-state index in [2.05, 4.69) is 5.32 Å². The van der Waals surface area contributed by atoms with Gasteiger partial charge in [-0.3, -0.25) is 4.79 Å². The van der Waals surface area contributed by atoms with Gasteiger partial charge < -0.3 is 10.2 Å². The van der Waals surface area contributed by atoms with E-state index in [0.717, 1.165) is 24.3 Å². The summed E-state index contributed by atoms with van der Waals surface area (Å²) in [4.78, 5) is 14.6. The Morgan fingerprint density at radius 3 is 2.70 bits per heavy atom. The zero-order valence-corrected chi connectivity index (χ0v) is 11.7. The summed E-state index contributed by atoms with van der Waals surface area (Å²) in [7, 11) is 0. The van der Waals surface area contributed by atoms with Gasteiger partial charge in [0.1, 0.15) is 0 Å². The van der Waals surface area contributed by atoms with Gasteiger partial charge in [-0.1, -0.05) is 35.9 Å². The second-order valence-corrected chi connectivity index (χ2v) is 5.14. The number of hydrogen-bond acceptors (Lipinski definition) is 2. The minimum Gasteiger partial charge on any atom is -0.383 e. The van der Waals surface area contributed by atoms with Gasteiger partial charge in [-0.25, -0.2) is 0 Å². The molecule has 0 spiro atoms. The van der Waals surface area contributed by atoms with Gasteiger partial charge in [0.15, 0.2) is 0 Å². The first-order chi connectivity index (χ1) is 9.77. The number of hydrogen-bond donors (Lipinski definition) is 1. The van der Waals surface area contributed by atoms with Gasteiger partial charge in [0, 0.05) is 13.1 Å². The van der Waals surface area contributed by atoms with Crippen LogP contribution in [0.4, 0.5) is 11.4 Å². The number of benzene rings is 2. The van der Waals surface area contributed by atoms with E-state index in [-0.39, 0.29) is 5.91 Å². The molecule has 3 nitrogen and oxygen atoms in total. The standard InChI is InChI=1S/C16H15ClN2O/c17-13-7-2-1-6-12(13)16(20)19-11-5-10-18-14-8-3-4-9-15(14)19/h1-4,6-9,18H,5,10-11H2. The molecule has 1 aliphatic rings. The average molecular weight is 287 g/mol. The van der Waals surface area contributed by atoms with Crippen molar-refractivity contribution in [2.75, 3.05) is 23.3 Å². The lowest BCUT2D eigenvalue weighted by atomic mass is 10.1. The summed E-state index contributed by atoms with van der Waals surface area (Å²) in [6.07, 6.45) is 0.908. The van der Waals surface area contributed by atoms with Crippen LogP contribution in [-0.2, 0) is 0 Å². The average Bonchev–Trinajstić information content (AvgIpc) is 2.69. The lowest BCUT2D eigenvalue weighted by molar-refractivity contribution is 0.0987. The van der Waals surface area contributed by atoms with E-state index in [1.54, 1.807) is 17.0 Å². The number of halogens is 1. The zero-order chi connectivity index (χ0) is 13.9. The van der Waals surface area contributed by atoms with Crippen LogP contribution in [0.5, 0.6) is 0 Å². The first-order valence-corrected chi connectivity index (χ1v) is 7.04. The number of anilines is 2. The van der Waals surface area contributed by atoms with Crippen molar-refractivity contribution in [3.63, 3.8) is 0 Å². The molecule has 1 amide bonds. The minimum atomic E-state index is -0.0493. The maximum Gasteiger partial charge on any atom is 0.259 e. The molecule has 1 heterocycles. The van der Waals surface area contributed by atoms with E-state index in [0.29, 0.717) is 17.1 Å². The Labute approximate surface area is 123 Å². The van der Waals surface area contributed by atoms with E-state index in [9.17, 15) is 4.79 Å². The summed E-state index contributed by atoms with van der Waals surface area (Å²) in [5, 5.41) is 3.84. The lowest BCUT2D eigenvalue weighted by Crippen LogP contribution is -2.31. The molecule has 4 heteroatoms. The van der Waals surface area contributed by atoms with Crippen LogP contribution in [0.3, 0.4) is 0 Å². The highest BCUT2D eigenvalue weighted by Gasteiger charge is 2.23. The van der Waals surface area contributed by atoms with E-state index >= 15 is 0 Å². The number of para-hydroxylation sites is 2. The van der Waals surface area contributed by atoms with Crippen LogP contribution in [0, 0.1) is 0 Å². The molecule has 0 radical (unpaired) electrons. The van der Waals surface area contributed by atoms with Crippen molar-refractivity contribution in [1.82, 2.24) is 0 Å². The first kappa shape index (κ1) is 13.0. The molecule has 3 rings (SSSR count). The third-order valence-electron chi connectivity index (χ3n) is 3.42. The second-order valence-electron chi connectivity index (χ2n) is 4.73. The third kappa shape index (κ3) is 2.37. The Morgan fingerprint density at radius 2 is 1.85 bits per heavy atom. The van der Waals surface area contributed by atoms with E-state index < -0.39 is 0 Å². The smallest absolute Gasteiger partial charge is 0.259 e. The van der Waals surface area contributed by atoms with Gasteiger partial charge >= 0.3 is 0 Å². The largest absolute Gasteiger partial charge is 0.383 e. The molecular formula is C16H15ClN2O. The molecule has 1 N–H and O–H groups in total. The predicted octanol–water partition coefficient (Wildman–Crippen LogP) is 3.80. The summed E-state index contributed by atoms with van der Waals surface area (Å²) in [6, 6.07) is 15.0. The van der Waals surface area contributed by atoms with Gasteiger partial charge in [-0.2, -0.15) is 0 Å². The minimum absolute atomic E-state index is 0.0493. The SMILES string of the molecule is O=C(c1ccccc1Cl)N1CCCNc2ccccc21. The normalized spacial score (nSPS) is 14.2. The number of rotatable bonds is 1. The number of fused-ring (bicyclic) bond motifs is 1. The molecule has 2 aromatic rings. The molecule has 0 saturated heterocycles.